The van der Waals surface area contributed by atoms with Crippen molar-refractivity contribution in [3.8, 4) is 11.5 Å². The van der Waals surface area contributed by atoms with Crippen LogP contribution in [0.2, 0.25) is 0 Å². The van der Waals surface area contributed by atoms with Crippen LogP contribution in [0.1, 0.15) is 24.8 Å². The van der Waals surface area contributed by atoms with Crippen LogP contribution in [-0.2, 0) is 16.2 Å². The number of aliphatic carboxylic acids is 1. The molecular formula is C21H23NO5. The van der Waals surface area contributed by atoms with Gasteiger partial charge in [0.15, 0.2) is 6.61 Å². The Balaban J connectivity index is 1.39. The van der Waals surface area contributed by atoms with E-state index in [1.54, 1.807) is 24.3 Å². The fraction of sp³-hybridized carbons (Fsp3) is 0.333. The Morgan fingerprint density at radius 1 is 0.963 bits per heavy atom. The van der Waals surface area contributed by atoms with Gasteiger partial charge >= 0.3 is 5.97 Å². The second-order valence-corrected chi connectivity index (χ2v) is 6.65. The molecule has 0 saturated heterocycles. The van der Waals surface area contributed by atoms with Crippen LogP contribution >= 0.6 is 0 Å². The van der Waals surface area contributed by atoms with Crippen LogP contribution in [-0.4, -0.2) is 29.6 Å². The summed E-state index contributed by atoms with van der Waals surface area (Å²) in [7, 11) is 0. The molecule has 0 heterocycles. The van der Waals surface area contributed by atoms with E-state index in [1.807, 2.05) is 30.3 Å². The summed E-state index contributed by atoms with van der Waals surface area (Å²) < 4.78 is 11.2. The third-order valence-corrected chi connectivity index (χ3v) is 4.59. The number of amides is 1. The third kappa shape index (κ3) is 5.74. The van der Waals surface area contributed by atoms with Crippen LogP contribution in [0.4, 0.5) is 0 Å². The number of carboxylic acids is 1. The van der Waals surface area contributed by atoms with Gasteiger partial charge in [0.1, 0.15) is 18.1 Å². The first kappa shape index (κ1) is 18.8. The van der Waals surface area contributed by atoms with Crippen LogP contribution in [0.15, 0.2) is 54.6 Å². The summed E-state index contributed by atoms with van der Waals surface area (Å²) in [4.78, 5) is 22.9. The summed E-state index contributed by atoms with van der Waals surface area (Å²) in [5, 5.41) is 11.8. The van der Waals surface area contributed by atoms with E-state index in [9.17, 15) is 9.59 Å². The predicted octanol–water partition coefficient (Wildman–Crippen LogP) is 3.01. The molecule has 6 nitrogen and oxygen atoms in total. The minimum atomic E-state index is -0.794. The molecule has 0 unspecified atom stereocenters. The fourth-order valence-electron chi connectivity index (χ4n) is 3.13. The van der Waals surface area contributed by atoms with E-state index < -0.39 is 5.97 Å². The maximum atomic E-state index is 12.0. The fourth-order valence-corrected chi connectivity index (χ4v) is 3.13. The molecule has 2 N–H and O–H groups in total. The zero-order valence-corrected chi connectivity index (χ0v) is 15.0. The lowest BCUT2D eigenvalue weighted by molar-refractivity contribution is -0.141. The molecule has 1 fully saturated rings. The Hall–Kier alpha value is -3.02. The van der Waals surface area contributed by atoms with Crippen LogP contribution in [0.25, 0.3) is 0 Å². The van der Waals surface area contributed by atoms with Crippen molar-refractivity contribution in [2.45, 2.75) is 31.9 Å². The van der Waals surface area contributed by atoms with E-state index in [0.29, 0.717) is 31.6 Å². The van der Waals surface area contributed by atoms with Gasteiger partial charge in [0.2, 0.25) is 0 Å². The van der Waals surface area contributed by atoms with Crippen molar-refractivity contribution in [2.75, 3.05) is 6.61 Å². The zero-order chi connectivity index (χ0) is 19.1. The van der Waals surface area contributed by atoms with Crippen LogP contribution in [0.3, 0.4) is 0 Å². The van der Waals surface area contributed by atoms with Crippen molar-refractivity contribution in [3.63, 3.8) is 0 Å². The number of carboxylic acid groups (broad SMARTS) is 1. The van der Waals surface area contributed by atoms with E-state index in [-0.39, 0.29) is 24.5 Å². The highest BCUT2D eigenvalue weighted by Crippen LogP contribution is 2.25. The van der Waals surface area contributed by atoms with Gasteiger partial charge in [-0.25, -0.2) is 0 Å². The molecule has 2 aromatic rings. The smallest absolute Gasteiger partial charge is 0.306 e. The lowest BCUT2D eigenvalue weighted by Crippen LogP contribution is -2.36. The summed E-state index contributed by atoms with van der Waals surface area (Å²) >= 11 is 0. The number of hydrogen-bond donors (Lipinski definition) is 2. The zero-order valence-electron chi connectivity index (χ0n) is 15.0. The molecule has 27 heavy (non-hydrogen) atoms. The molecule has 0 spiro atoms. The van der Waals surface area contributed by atoms with Crippen molar-refractivity contribution >= 4 is 11.9 Å². The number of carbonyl (C=O) groups excluding carboxylic acids is 1. The Kier molecular flexibility index (Phi) is 6.30. The molecule has 1 aliphatic rings. The molecule has 1 amide bonds. The van der Waals surface area contributed by atoms with Crippen molar-refractivity contribution in [1.29, 1.82) is 0 Å². The van der Waals surface area contributed by atoms with Crippen molar-refractivity contribution in [1.82, 2.24) is 5.32 Å². The summed E-state index contributed by atoms with van der Waals surface area (Å²) in [6.45, 7) is 0.390. The molecule has 6 heteroatoms. The second-order valence-electron chi connectivity index (χ2n) is 6.65. The topological polar surface area (TPSA) is 84.9 Å². The predicted molar refractivity (Wildman–Crippen MR) is 99.6 cm³/mol. The monoisotopic (exact) mass is 369 g/mol. The molecule has 0 bridgehead atoms. The van der Waals surface area contributed by atoms with Crippen molar-refractivity contribution in [2.24, 2.45) is 5.92 Å². The minimum Gasteiger partial charge on any atom is -0.489 e. The van der Waals surface area contributed by atoms with E-state index in [1.165, 1.54) is 0 Å². The number of ether oxygens (including phenoxy) is 2. The highest BCUT2D eigenvalue weighted by atomic mass is 16.5. The Morgan fingerprint density at radius 2 is 1.63 bits per heavy atom. The van der Waals surface area contributed by atoms with Crippen LogP contribution in [0.5, 0.6) is 11.5 Å². The Bertz CT molecular complexity index is 760. The lowest BCUT2D eigenvalue weighted by atomic mass is 10.1. The first-order valence-corrected chi connectivity index (χ1v) is 9.02. The summed E-state index contributed by atoms with van der Waals surface area (Å²) in [5.41, 5.74) is 1.09. The number of rotatable bonds is 8. The molecule has 0 aliphatic heterocycles. The van der Waals surface area contributed by atoms with Gasteiger partial charge in [-0.05, 0) is 49.1 Å². The van der Waals surface area contributed by atoms with Gasteiger partial charge in [-0.1, -0.05) is 30.3 Å². The van der Waals surface area contributed by atoms with Gasteiger partial charge in [0.05, 0.1) is 5.92 Å². The highest BCUT2D eigenvalue weighted by Gasteiger charge is 2.30. The summed E-state index contributed by atoms with van der Waals surface area (Å²) in [6.07, 6.45) is 1.77. The van der Waals surface area contributed by atoms with Crippen molar-refractivity contribution in [3.05, 3.63) is 60.2 Å². The molecular weight excluding hydrogens is 346 g/mol. The largest absolute Gasteiger partial charge is 0.489 e. The standard InChI is InChI=1S/C21H23NO5/c23-20(22-17-7-6-16(12-17)21(24)25)14-27-19-10-8-18(9-11-19)26-13-15-4-2-1-3-5-15/h1-5,8-11,16-17H,6-7,12-14H2,(H,22,23)(H,24,25)/t16-,17+/m1/s1. The van der Waals surface area contributed by atoms with Gasteiger partial charge < -0.3 is 19.9 Å². The normalized spacial score (nSPS) is 18.7. The minimum absolute atomic E-state index is 0.0871. The van der Waals surface area contributed by atoms with Gasteiger partial charge in [-0.3, -0.25) is 9.59 Å². The molecule has 3 rings (SSSR count). The summed E-state index contributed by atoms with van der Waals surface area (Å²) in [5.74, 6) is -0.0963. The van der Waals surface area contributed by atoms with E-state index >= 15 is 0 Å². The van der Waals surface area contributed by atoms with Gasteiger partial charge in [0, 0.05) is 6.04 Å². The first-order valence-electron chi connectivity index (χ1n) is 9.02. The van der Waals surface area contributed by atoms with E-state index in [2.05, 4.69) is 5.32 Å². The summed E-state index contributed by atoms with van der Waals surface area (Å²) in [6, 6.07) is 16.9. The highest BCUT2D eigenvalue weighted by molar-refractivity contribution is 5.78. The van der Waals surface area contributed by atoms with Crippen LogP contribution < -0.4 is 14.8 Å². The van der Waals surface area contributed by atoms with Crippen LogP contribution in [0, 0.1) is 5.92 Å². The third-order valence-electron chi connectivity index (χ3n) is 4.59. The second kappa shape index (κ2) is 9.07. The molecule has 2 aromatic carbocycles. The maximum Gasteiger partial charge on any atom is 0.306 e. The number of benzene rings is 2. The Morgan fingerprint density at radius 3 is 2.26 bits per heavy atom. The molecule has 0 radical (unpaired) electrons. The molecule has 1 saturated carbocycles. The molecule has 0 aromatic heterocycles. The average Bonchev–Trinajstić information content (AvgIpc) is 3.15. The number of hydrogen-bond acceptors (Lipinski definition) is 4. The van der Waals surface area contributed by atoms with Crippen molar-refractivity contribution < 1.29 is 24.2 Å². The van der Waals surface area contributed by atoms with Gasteiger partial charge in [-0.15, -0.1) is 0 Å². The number of carbonyl (C=O) groups is 2. The molecule has 142 valence electrons. The maximum absolute atomic E-state index is 12.0. The van der Waals surface area contributed by atoms with E-state index in [4.69, 9.17) is 14.6 Å². The Labute approximate surface area is 158 Å². The van der Waals surface area contributed by atoms with E-state index in [0.717, 1.165) is 11.3 Å². The number of nitrogens with one attached hydrogen (secondary N) is 1. The SMILES string of the molecule is O=C(COc1ccc(OCc2ccccc2)cc1)N[C@H]1CC[C@@H](C(=O)O)C1. The average molecular weight is 369 g/mol. The van der Waals surface area contributed by atoms with Gasteiger partial charge in [0.25, 0.3) is 5.91 Å². The lowest BCUT2D eigenvalue weighted by Gasteiger charge is -2.13. The van der Waals surface area contributed by atoms with Gasteiger partial charge in [-0.2, -0.15) is 0 Å². The quantitative estimate of drug-likeness (QED) is 0.747. The molecule has 2 atom stereocenters. The first-order chi connectivity index (χ1) is 13.1. The molecule has 1 aliphatic carbocycles.